The molecule has 0 saturated heterocycles. The molecule has 1 aromatic carbocycles. The first-order valence-corrected chi connectivity index (χ1v) is 10.5. The number of hydrogen-bond acceptors (Lipinski definition) is 6. The Balaban J connectivity index is 1.60. The lowest BCUT2D eigenvalue weighted by molar-refractivity contribution is 0.235. The van der Waals surface area contributed by atoms with Crippen LogP contribution in [0.25, 0.3) is 11.0 Å². The Morgan fingerprint density at radius 3 is 2.85 bits per heavy atom. The maximum Gasteiger partial charge on any atom is 0.234 e. The van der Waals surface area contributed by atoms with Gasteiger partial charge in [-0.25, -0.2) is 8.42 Å². The smallest absolute Gasteiger partial charge is 0.234 e. The van der Waals surface area contributed by atoms with Crippen molar-refractivity contribution in [3.63, 3.8) is 0 Å². The zero-order valence-electron chi connectivity index (χ0n) is 15.3. The monoisotopic (exact) mass is 390 g/mol. The highest BCUT2D eigenvalue weighted by Crippen LogP contribution is 2.36. The number of aromatic nitrogens is 3. The molecule has 8 nitrogen and oxygen atoms in total. The number of nitrogens with one attached hydrogen (secondary N) is 1. The van der Waals surface area contributed by atoms with Crippen molar-refractivity contribution in [1.29, 1.82) is 0 Å². The zero-order chi connectivity index (χ0) is 19.0. The van der Waals surface area contributed by atoms with Gasteiger partial charge in [0.1, 0.15) is 11.1 Å². The number of fused-ring (bicyclic) bond motifs is 1. The van der Waals surface area contributed by atoms with Gasteiger partial charge in [-0.05, 0) is 48.4 Å². The Morgan fingerprint density at radius 2 is 2.19 bits per heavy atom. The molecular weight excluding hydrogens is 368 g/mol. The lowest BCUT2D eigenvalue weighted by Crippen LogP contribution is -2.31. The second-order valence-electron chi connectivity index (χ2n) is 7.23. The van der Waals surface area contributed by atoms with Crippen molar-refractivity contribution in [3.8, 4) is 5.75 Å². The molecule has 3 aromatic rings. The van der Waals surface area contributed by atoms with Crippen molar-refractivity contribution in [1.82, 2.24) is 14.9 Å². The predicted molar refractivity (Wildman–Crippen MR) is 101 cm³/mol. The van der Waals surface area contributed by atoms with Gasteiger partial charge in [0.15, 0.2) is 11.4 Å². The van der Waals surface area contributed by atoms with Crippen molar-refractivity contribution in [2.45, 2.75) is 26.3 Å². The Morgan fingerprint density at radius 1 is 1.37 bits per heavy atom. The normalized spacial score (nSPS) is 19.8. The summed E-state index contributed by atoms with van der Waals surface area (Å²) in [4.78, 5) is 0. The summed E-state index contributed by atoms with van der Waals surface area (Å²) >= 11 is 0. The predicted octanol–water partition coefficient (Wildman–Crippen LogP) is 2.87. The molecule has 144 valence electrons. The molecule has 1 aliphatic carbocycles. The van der Waals surface area contributed by atoms with Crippen LogP contribution in [0.1, 0.15) is 25.3 Å². The standard InChI is InChI=1S/C18H22N4O4S/c1-12-6-14(7-12)11-27(23,24)21-18-17-15(25-2)8-13(9-16(17)26-20-18)10-22-5-3-4-19-22/h3-5,8-9,12,14H,6-7,10-11H2,1-2H3,(H,20,21)/t12-,14-. The summed E-state index contributed by atoms with van der Waals surface area (Å²) in [7, 11) is -1.96. The number of ether oxygens (including phenoxy) is 1. The van der Waals surface area contributed by atoms with E-state index in [1.807, 2.05) is 24.4 Å². The first kappa shape index (κ1) is 17.8. The third-order valence-electron chi connectivity index (χ3n) is 4.90. The highest BCUT2D eigenvalue weighted by molar-refractivity contribution is 7.92. The fourth-order valence-electron chi connectivity index (χ4n) is 3.70. The molecule has 2 aromatic heterocycles. The van der Waals surface area contributed by atoms with E-state index in [0.29, 0.717) is 29.2 Å². The summed E-state index contributed by atoms with van der Waals surface area (Å²) in [6.07, 6.45) is 5.46. The first-order valence-electron chi connectivity index (χ1n) is 8.87. The van der Waals surface area contributed by atoms with E-state index in [-0.39, 0.29) is 17.5 Å². The van der Waals surface area contributed by atoms with Gasteiger partial charge in [0.25, 0.3) is 0 Å². The molecule has 0 spiro atoms. The number of hydrogen-bond donors (Lipinski definition) is 1. The van der Waals surface area contributed by atoms with Crippen LogP contribution in [0.15, 0.2) is 35.1 Å². The highest BCUT2D eigenvalue weighted by atomic mass is 32.2. The molecule has 0 amide bonds. The van der Waals surface area contributed by atoms with Crippen LogP contribution in [0, 0.1) is 11.8 Å². The third kappa shape index (κ3) is 3.78. The molecule has 0 unspecified atom stereocenters. The number of nitrogens with zero attached hydrogens (tertiary/aromatic N) is 3. The summed E-state index contributed by atoms with van der Waals surface area (Å²) in [5.41, 5.74) is 1.38. The summed E-state index contributed by atoms with van der Waals surface area (Å²) in [6, 6.07) is 5.50. The quantitative estimate of drug-likeness (QED) is 0.666. The van der Waals surface area contributed by atoms with Gasteiger partial charge in [-0.3, -0.25) is 9.40 Å². The lowest BCUT2D eigenvalue weighted by atomic mass is 9.77. The molecule has 2 heterocycles. The van der Waals surface area contributed by atoms with Crippen LogP contribution < -0.4 is 9.46 Å². The third-order valence-corrected chi connectivity index (χ3v) is 6.31. The van der Waals surface area contributed by atoms with Gasteiger partial charge in [0, 0.05) is 12.4 Å². The highest BCUT2D eigenvalue weighted by Gasteiger charge is 2.31. The van der Waals surface area contributed by atoms with Gasteiger partial charge in [-0.15, -0.1) is 0 Å². The van der Waals surface area contributed by atoms with E-state index in [1.54, 1.807) is 10.9 Å². The molecule has 27 heavy (non-hydrogen) atoms. The van der Waals surface area contributed by atoms with E-state index in [4.69, 9.17) is 9.26 Å². The van der Waals surface area contributed by atoms with E-state index >= 15 is 0 Å². The Kier molecular flexibility index (Phi) is 4.55. The summed E-state index contributed by atoms with van der Waals surface area (Å²) < 4.78 is 40.1. The number of sulfonamides is 1. The molecular formula is C18H22N4O4S. The molecule has 9 heteroatoms. The Bertz CT molecular complexity index is 1040. The number of methoxy groups -OCH3 is 1. The van der Waals surface area contributed by atoms with Crippen molar-refractivity contribution >= 4 is 26.8 Å². The van der Waals surface area contributed by atoms with E-state index in [2.05, 4.69) is 21.9 Å². The molecule has 0 bridgehead atoms. The molecule has 4 rings (SSSR count). The molecule has 0 aliphatic heterocycles. The van der Waals surface area contributed by atoms with Crippen molar-refractivity contribution < 1.29 is 17.7 Å². The van der Waals surface area contributed by atoms with Gasteiger partial charge in [-0.1, -0.05) is 12.1 Å². The maximum atomic E-state index is 12.5. The van der Waals surface area contributed by atoms with Crippen LogP contribution in [0.3, 0.4) is 0 Å². The summed E-state index contributed by atoms with van der Waals surface area (Å²) in [6.45, 7) is 2.67. The van der Waals surface area contributed by atoms with E-state index in [9.17, 15) is 8.42 Å². The van der Waals surface area contributed by atoms with Gasteiger partial charge >= 0.3 is 0 Å². The summed E-state index contributed by atoms with van der Waals surface area (Å²) in [5.74, 6) is 1.58. The largest absolute Gasteiger partial charge is 0.496 e. The van der Waals surface area contributed by atoms with Crippen LogP contribution in [0.5, 0.6) is 5.75 Å². The van der Waals surface area contributed by atoms with Crippen LogP contribution in [-0.2, 0) is 16.6 Å². The Hall–Kier alpha value is -2.55. The van der Waals surface area contributed by atoms with E-state index in [1.165, 1.54) is 7.11 Å². The van der Waals surface area contributed by atoms with Crippen LogP contribution in [0.2, 0.25) is 0 Å². The maximum absolute atomic E-state index is 12.5. The zero-order valence-corrected chi connectivity index (χ0v) is 16.1. The minimum atomic E-state index is -3.50. The molecule has 0 atom stereocenters. The number of rotatable bonds is 7. The molecule has 1 saturated carbocycles. The minimum Gasteiger partial charge on any atom is -0.496 e. The van der Waals surface area contributed by atoms with Gasteiger partial charge in [0.2, 0.25) is 10.0 Å². The van der Waals surface area contributed by atoms with E-state index < -0.39 is 10.0 Å². The first-order chi connectivity index (χ1) is 12.9. The molecule has 0 radical (unpaired) electrons. The van der Waals surface area contributed by atoms with Crippen molar-refractivity contribution in [2.24, 2.45) is 11.8 Å². The second kappa shape index (κ2) is 6.88. The average Bonchev–Trinajstić information content (AvgIpc) is 3.22. The molecule has 1 aliphatic rings. The van der Waals surface area contributed by atoms with Gasteiger partial charge < -0.3 is 9.26 Å². The van der Waals surface area contributed by atoms with Crippen molar-refractivity contribution in [3.05, 3.63) is 36.2 Å². The van der Waals surface area contributed by atoms with Crippen LogP contribution in [0.4, 0.5) is 5.82 Å². The Labute approximate surface area is 157 Å². The van der Waals surface area contributed by atoms with Crippen LogP contribution >= 0.6 is 0 Å². The van der Waals surface area contributed by atoms with Crippen LogP contribution in [-0.4, -0.2) is 36.2 Å². The molecule has 1 N–H and O–H groups in total. The topological polar surface area (TPSA) is 99.2 Å². The minimum absolute atomic E-state index is 0.103. The molecule has 1 fully saturated rings. The fraction of sp³-hybridized carbons (Fsp3) is 0.444. The number of benzene rings is 1. The second-order valence-corrected chi connectivity index (χ2v) is 9.00. The van der Waals surface area contributed by atoms with Gasteiger partial charge in [0.05, 0.1) is 19.4 Å². The van der Waals surface area contributed by atoms with Crippen molar-refractivity contribution in [2.75, 3.05) is 17.6 Å². The average molecular weight is 390 g/mol. The number of anilines is 1. The fourth-order valence-corrected chi connectivity index (χ4v) is 5.11. The van der Waals surface area contributed by atoms with Gasteiger partial charge in [-0.2, -0.15) is 5.10 Å². The summed E-state index contributed by atoms with van der Waals surface area (Å²) in [5, 5.41) is 8.63. The SMILES string of the molecule is COc1cc(Cn2cccn2)cc2onc(NS(=O)(=O)C[C@H]3C[C@H](C)C3)c12. The van der Waals surface area contributed by atoms with E-state index in [0.717, 1.165) is 18.4 Å². The lowest BCUT2D eigenvalue weighted by Gasteiger charge is -2.32.